The highest BCUT2D eigenvalue weighted by Crippen LogP contribution is 2.38. The molecule has 0 unspecified atom stereocenters. The van der Waals surface area contributed by atoms with E-state index in [1.165, 1.54) is 5.56 Å². The highest BCUT2D eigenvalue weighted by atomic mass is 16.5. The fraction of sp³-hybridized carbons (Fsp3) is 0.208. The van der Waals surface area contributed by atoms with Crippen molar-refractivity contribution < 1.29 is 9.47 Å². The number of rotatable bonds is 3. The van der Waals surface area contributed by atoms with Crippen molar-refractivity contribution in [1.29, 1.82) is 0 Å². The third kappa shape index (κ3) is 3.51. The second-order valence-electron chi connectivity index (χ2n) is 8.37. The molecule has 0 saturated heterocycles. The lowest BCUT2D eigenvalue weighted by Crippen LogP contribution is -2.31. The number of aromatic amines is 1. The topological polar surface area (TPSA) is 78.0 Å². The molecule has 0 aliphatic carbocycles. The lowest BCUT2D eigenvalue weighted by molar-refractivity contribution is -0.586. The van der Waals surface area contributed by atoms with E-state index in [1.54, 1.807) is 13.1 Å². The minimum atomic E-state index is 0.0267. The van der Waals surface area contributed by atoms with E-state index in [9.17, 15) is 5.21 Å². The van der Waals surface area contributed by atoms with Crippen LogP contribution in [0.25, 0.3) is 22.2 Å². The van der Waals surface area contributed by atoms with Crippen molar-refractivity contribution in [2.24, 2.45) is 0 Å². The molecule has 2 aromatic heterocycles. The summed E-state index contributed by atoms with van der Waals surface area (Å²) in [5.41, 5.74) is 10.8. The van der Waals surface area contributed by atoms with Crippen molar-refractivity contribution in [3.8, 4) is 22.6 Å². The van der Waals surface area contributed by atoms with Crippen LogP contribution in [-0.2, 0) is 5.41 Å². The van der Waals surface area contributed by atoms with Gasteiger partial charge >= 0.3 is 0 Å². The van der Waals surface area contributed by atoms with Crippen LogP contribution < -0.4 is 15.2 Å². The minimum absolute atomic E-state index is 0.0267. The van der Waals surface area contributed by atoms with Gasteiger partial charge in [0.05, 0.1) is 11.6 Å². The molecule has 5 nitrogen and oxygen atoms in total. The monoisotopic (exact) mass is 387 g/mol. The number of nitrogens with two attached hydrogens (primary N) is 1. The van der Waals surface area contributed by atoms with Crippen LogP contribution in [0.15, 0.2) is 60.8 Å². The van der Waals surface area contributed by atoms with Gasteiger partial charge in [0.2, 0.25) is 0 Å². The highest BCUT2D eigenvalue weighted by molar-refractivity contribution is 5.94. The SMILES string of the molecule is Cc1cc(-c2cc(N)ccc2Oc2cccc(C(C)(C)C)c2)c2cc[nH]c2[n+]1[O-]. The van der Waals surface area contributed by atoms with Crippen LogP contribution in [-0.4, -0.2) is 4.98 Å². The number of H-pyrrole nitrogens is 1. The molecule has 5 heteroatoms. The summed E-state index contributed by atoms with van der Waals surface area (Å²) in [4.78, 5) is 3.03. The van der Waals surface area contributed by atoms with Gasteiger partial charge in [0.25, 0.3) is 5.65 Å². The zero-order chi connectivity index (χ0) is 20.8. The van der Waals surface area contributed by atoms with Crippen molar-refractivity contribution in [3.63, 3.8) is 0 Å². The van der Waals surface area contributed by atoms with E-state index in [2.05, 4.69) is 37.9 Å². The van der Waals surface area contributed by atoms with Gasteiger partial charge in [0.1, 0.15) is 17.2 Å². The molecule has 29 heavy (non-hydrogen) atoms. The molecule has 4 rings (SSSR count). The number of hydrogen-bond acceptors (Lipinski definition) is 3. The number of aromatic nitrogens is 2. The molecule has 0 spiro atoms. The van der Waals surface area contributed by atoms with Gasteiger partial charge in [0, 0.05) is 16.8 Å². The average Bonchev–Trinajstić information content (AvgIpc) is 3.16. The van der Waals surface area contributed by atoms with E-state index in [1.807, 2.05) is 42.5 Å². The first-order valence-electron chi connectivity index (χ1n) is 9.62. The number of aryl methyl sites for hydroxylation is 1. The molecular weight excluding hydrogens is 362 g/mol. The minimum Gasteiger partial charge on any atom is -0.710 e. The maximum absolute atomic E-state index is 12.4. The van der Waals surface area contributed by atoms with E-state index >= 15 is 0 Å². The summed E-state index contributed by atoms with van der Waals surface area (Å²) in [5.74, 6) is 1.45. The molecule has 2 heterocycles. The fourth-order valence-electron chi connectivity index (χ4n) is 3.49. The van der Waals surface area contributed by atoms with E-state index in [0.717, 1.165) is 27.0 Å². The first-order chi connectivity index (χ1) is 13.7. The van der Waals surface area contributed by atoms with E-state index in [4.69, 9.17) is 10.5 Å². The summed E-state index contributed by atoms with van der Waals surface area (Å²) in [6, 6.07) is 17.5. The standard InChI is InChI=1S/C24H25N3O2/c1-15-12-20(19-10-11-26-23(19)27(15)28)21-14-17(25)8-9-22(21)29-18-7-5-6-16(13-18)24(2,3)4/h5-14,26H,25H2,1-4H3. The molecule has 0 atom stereocenters. The van der Waals surface area contributed by atoms with Gasteiger partial charge in [-0.05, 0) is 60.4 Å². The molecule has 0 saturated carbocycles. The first-order valence-corrected chi connectivity index (χ1v) is 9.62. The van der Waals surface area contributed by atoms with E-state index in [-0.39, 0.29) is 5.41 Å². The van der Waals surface area contributed by atoms with Crippen LogP contribution in [0.2, 0.25) is 0 Å². The van der Waals surface area contributed by atoms with Crippen LogP contribution in [0.1, 0.15) is 32.0 Å². The molecular formula is C24H25N3O2. The molecule has 3 N–H and O–H groups in total. The lowest BCUT2D eigenvalue weighted by Gasteiger charge is -2.20. The molecule has 2 aromatic carbocycles. The van der Waals surface area contributed by atoms with Crippen LogP contribution in [0.3, 0.4) is 0 Å². The van der Waals surface area contributed by atoms with Crippen molar-refractivity contribution in [2.45, 2.75) is 33.1 Å². The number of nitrogen functional groups attached to an aromatic ring is 1. The van der Waals surface area contributed by atoms with Gasteiger partial charge in [-0.1, -0.05) is 32.9 Å². The Bertz CT molecular complexity index is 1200. The summed E-state index contributed by atoms with van der Waals surface area (Å²) >= 11 is 0. The van der Waals surface area contributed by atoms with Crippen LogP contribution in [0, 0.1) is 12.1 Å². The molecule has 4 aromatic rings. The quantitative estimate of drug-likeness (QED) is 0.279. The van der Waals surface area contributed by atoms with Gasteiger partial charge in [0.15, 0.2) is 0 Å². The van der Waals surface area contributed by atoms with Gasteiger partial charge < -0.3 is 15.7 Å². The predicted octanol–water partition coefficient (Wildman–Crippen LogP) is 5.45. The van der Waals surface area contributed by atoms with Crippen LogP contribution in [0.5, 0.6) is 11.5 Å². The Morgan fingerprint density at radius 1 is 1.00 bits per heavy atom. The van der Waals surface area contributed by atoms with Gasteiger partial charge in [-0.25, -0.2) is 9.71 Å². The molecule has 0 radical (unpaired) electrons. The van der Waals surface area contributed by atoms with Gasteiger partial charge in [-0.3, -0.25) is 0 Å². The van der Waals surface area contributed by atoms with Gasteiger partial charge in [-0.2, -0.15) is 0 Å². The third-order valence-corrected chi connectivity index (χ3v) is 5.11. The summed E-state index contributed by atoms with van der Waals surface area (Å²) < 4.78 is 7.20. The molecule has 0 bridgehead atoms. The zero-order valence-corrected chi connectivity index (χ0v) is 17.1. The second kappa shape index (κ2) is 6.85. The van der Waals surface area contributed by atoms with E-state index in [0.29, 0.717) is 22.8 Å². The Morgan fingerprint density at radius 3 is 2.55 bits per heavy atom. The molecule has 148 valence electrons. The fourth-order valence-corrected chi connectivity index (χ4v) is 3.49. The average molecular weight is 387 g/mol. The Morgan fingerprint density at radius 2 is 1.79 bits per heavy atom. The Balaban J connectivity index is 1.85. The summed E-state index contributed by atoms with van der Waals surface area (Å²) in [6.45, 7) is 8.31. The number of ether oxygens (including phenoxy) is 1. The van der Waals surface area contributed by atoms with Crippen molar-refractivity contribution >= 4 is 16.7 Å². The number of anilines is 1. The Kier molecular flexibility index (Phi) is 4.46. The lowest BCUT2D eigenvalue weighted by atomic mass is 9.87. The summed E-state index contributed by atoms with van der Waals surface area (Å²) in [5, 5.41) is 13.2. The largest absolute Gasteiger partial charge is 0.710 e. The first kappa shape index (κ1) is 18.9. The van der Waals surface area contributed by atoms with E-state index < -0.39 is 0 Å². The molecule has 0 aliphatic heterocycles. The van der Waals surface area contributed by atoms with Crippen LogP contribution >= 0.6 is 0 Å². The smallest absolute Gasteiger partial charge is 0.290 e. The number of pyridine rings is 1. The Hall–Kier alpha value is -3.47. The molecule has 0 amide bonds. The number of fused-ring (bicyclic) bond motifs is 1. The summed E-state index contributed by atoms with van der Waals surface area (Å²) in [7, 11) is 0. The Labute approximate surface area is 170 Å². The number of hydrogen-bond donors (Lipinski definition) is 2. The number of nitrogens with one attached hydrogen (secondary N) is 1. The van der Waals surface area contributed by atoms with Crippen LogP contribution in [0.4, 0.5) is 5.69 Å². The normalized spacial score (nSPS) is 11.7. The maximum atomic E-state index is 12.4. The predicted molar refractivity (Wildman–Crippen MR) is 117 cm³/mol. The van der Waals surface area contributed by atoms with Crippen molar-refractivity contribution in [2.75, 3.05) is 5.73 Å². The van der Waals surface area contributed by atoms with Crippen molar-refractivity contribution in [1.82, 2.24) is 4.98 Å². The van der Waals surface area contributed by atoms with Gasteiger partial charge in [-0.15, -0.1) is 0 Å². The molecule has 0 aliphatic rings. The maximum Gasteiger partial charge on any atom is 0.290 e. The number of benzene rings is 2. The van der Waals surface area contributed by atoms with Crippen molar-refractivity contribution in [3.05, 3.63) is 77.3 Å². The highest BCUT2D eigenvalue weighted by Gasteiger charge is 2.18. The number of nitrogens with zero attached hydrogens (tertiary/aromatic N) is 1. The molecule has 0 fully saturated rings. The second-order valence-corrected chi connectivity index (χ2v) is 8.37. The summed E-state index contributed by atoms with van der Waals surface area (Å²) in [6.07, 6.45) is 1.77. The third-order valence-electron chi connectivity index (χ3n) is 5.11. The zero-order valence-electron chi connectivity index (χ0n) is 17.1.